The molecular formula is C14H13ClN2O4S. The first kappa shape index (κ1) is 15.2. The summed E-state index contributed by atoms with van der Waals surface area (Å²) in [4.78, 5) is 37.3. The molecule has 0 saturated carbocycles. The number of thioether (sulfide) groups is 1. The predicted octanol–water partition coefficient (Wildman–Crippen LogP) is 1.56. The van der Waals surface area contributed by atoms with Gasteiger partial charge < -0.3 is 10.1 Å². The van der Waals surface area contributed by atoms with Gasteiger partial charge in [0.15, 0.2) is 4.87 Å². The largest absolute Gasteiger partial charge is 0.468 e. The molecule has 0 spiro atoms. The molecule has 1 N–H and O–H groups in total. The third-order valence-electron chi connectivity index (χ3n) is 3.70. The van der Waals surface area contributed by atoms with Crippen LogP contribution in [0, 0.1) is 0 Å². The number of hydrogen-bond donors (Lipinski definition) is 1. The number of nitrogens with one attached hydrogen (secondary N) is 1. The van der Waals surface area contributed by atoms with E-state index in [-0.39, 0.29) is 24.8 Å². The zero-order chi connectivity index (χ0) is 15.9. The summed E-state index contributed by atoms with van der Waals surface area (Å²) in [6.07, 6.45) is 0.667. The number of carbonyl (C=O) groups excluding carboxylic acids is 3. The molecule has 0 unspecified atom stereocenters. The van der Waals surface area contributed by atoms with Gasteiger partial charge in [-0.3, -0.25) is 19.3 Å². The van der Waals surface area contributed by atoms with Gasteiger partial charge in [0.25, 0.3) is 5.91 Å². The maximum absolute atomic E-state index is 12.6. The number of fused-ring (bicyclic) bond motifs is 3. The molecule has 1 saturated heterocycles. The van der Waals surface area contributed by atoms with Gasteiger partial charge in [-0.25, -0.2) is 0 Å². The van der Waals surface area contributed by atoms with E-state index >= 15 is 0 Å². The van der Waals surface area contributed by atoms with E-state index in [4.69, 9.17) is 11.6 Å². The molecule has 2 heterocycles. The fraction of sp³-hybridized carbons (Fsp3) is 0.357. The lowest BCUT2D eigenvalue weighted by Gasteiger charge is -2.29. The quantitative estimate of drug-likeness (QED) is 0.845. The predicted molar refractivity (Wildman–Crippen MR) is 81.8 cm³/mol. The van der Waals surface area contributed by atoms with Crippen LogP contribution in [0.25, 0.3) is 0 Å². The van der Waals surface area contributed by atoms with Gasteiger partial charge >= 0.3 is 5.97 Å². The highest BCUT2D eigenvalue weighted by Gasteiger charge is 2.57. The standard InChI is InChI=1S/C14H13ClN2O4S/c1-21-12(19)7-16-13(20)14-5-4-11(18)17(14)9-6-8(15)2-3-10(9)22-14/h2-3,6H,4-5,7H2,1H3,(H,16,20)/t14-/m1/s1. The highest BCUT2D eigenvalue weighted by atomic mass is 35.5. The monoisotopic (exact) mass is 340 g/mol. The zero-order valence-corrected chi connectivity index (χ0v) is 13.3. The number of rotatable bonds is 3. The van der Waals surface area contributed by atoms with Crippen LogP contribution in [0.3, 0.4) is 0 Å². The van der Waals surface area contributed by atoms with Crippen molar-refractivity contribution in [1.82, 2.24) is 5.32 Å². The van der Waals surface area contributed by atoms with E-state index in [9.17, 15) is 14.4 Å². The molecule has 116 valence electrons. The van der Waals surface area contributed by atoms with E-state index in [1.165, 1.54) is 23.8 Å². The second-order valence-electron chi connectivity index (χ2n) is 4.99. The topological polar surface area (TPSA) is 75.7 Å². The second kappa shape index (κ2) is 5.48. The van der Waals surface area contributed by atoms with Crippen molar-refractivity contribution in [2.75, 3.05) is 18.6 Å². The van der Waals surface area contributed by atoms with Crippen molar-refractivity contribution in [1.29, 1.82) is 0 Å². The average molecular weight is 341 g/mol. The van der Waals surface area contributed by atoms with Crippen LogP contribution in [-0.4, -0.2) is 36.3 Å². The molecule has 3 rings (SSSR count). The van der Waals surface area contributed by atoms with Gasteiger partial charge in [0, 0.05) is 16.3 Å². The van der Waals surface area contributed by atoms with E-state index in [1.807, 2.05) is 0 Å². The van der Waals surface area contributed by atoms with E-state index in [2.05, 4.69) is 10.1 Å². The van der Waals surface area contributed by atoms with Gasteiger partial charge in [0.2, 0.25) is 5.91 Å². The molecule has 1 atom stereocenters. The minimum Gasteiger partial charge on any atom is -0.468 e. The van der Waals surface area contributed by atoms with E-state index in [1.54, 1.807) is 18.2 Å². The minimum atomic E-state index is -1.04. The average Bonchev–Trinajstić information content (AvgIpc) is 3.00. The summed E-state index contributed by atoms with van der Waals surface area (Å²) in [6, 6.07) is 5.20. The van der Waals surface area contributed by atoms with Crippen molar-refractivity contribution in [2.45, 2.75) is 22.6 Å². The molecule has 0 bridgehead atoms. The number of amides is 2. The minimum absolute atomic E-state index is 0.123. The summed E-state index contributed by atoms with van der Waals surface area (Å²) in [5, 5.41) is 3.05. The summed E-state index contributed by atoms with van der Waals surface area (Å²) in [6.45, 7) is -0.225. The molecule has 8 heteroatoms. The van der Waals surface area contributed by atoms with Gasteiger partial charge in [-0.1, -0.05) is 23.4 Å². The molecular weight excluding hydrogens is 328 g/mol. The van der Waals surface area contributed by atoms with Gasteiger partial charge in [0.05, 0.1) is 12.8 Å². The highest BCUT2D eigenvalue weighted by Crippen LogP contribution is 2.56. The summed E-state index contributed by atoms with van der Waals surface area (Å²) < 4.78 is 4.51. The molecule has 0 radical (unpaired) electrons. The number of hydrogen-bond acceptors (Lipinski definition) is 5. The van der Waals surface area contributed by atoms with Crippen molar-refractivity contribution in [3.05, 3.63) is 23.2 Å². The normalized spacial score (nSPS) is 22.3. The lowest BCUT2D eigenvalue weighted by Crippen LogP contribution is -2.53. The van der Waals surface area contributed by atoms with Crippen molar-refractivity contribution >= 4 is 46.8 Å². The first-order chi connectivity index (χ1) is 10.5. The highest BCUT2D eigenvalue weighted by molar-refractivity contribution is 8.02. The fourth-order valence-corrected chi connectivity index (χ4v) is 4.27. The SMILES string of the molecule is COC(=O)CNC(=O)[C@]12CCC(=O)N1c1cc(Cl)ccc1S2. The summed E-state index contributed by atoms with van der Waals surface area (Å²) in [5.41, 5.74) is 0.646. The Morgan fingerprint density at radius 1 is 1.50 bits per heavy atom. The molecule has 2 amide bonds. The van der Waals surface area contributed by atoms with Crippen LogP contribution in [0.2, 0.25) is 5.02 Å². The number of benzene rings is 1. The number of halogens is 1. The molecule has 1 aromatic rings. The van der Waals surface area contributed by atoms with Gasteiger partial charge in [0.1, 0.15) is 6.54 Å². The van der Waals surface area contributed by atoms with Crippen LogP contribution in [0.5, 0.6) is 0 Å². The van der Waals surface area contributed by atoms with Crippen LogP contribution < -0.4 is 10.2 Å². The van der Waals surface area contributed by atoms with Crippen molar-refractivity contribution in [2.24, 2.45) is 0 Å². The van der Waals surface area contributed by atoms with E-state index in [0.29, 0.717) is 17.1 Å². The lowest BCUT2D eigenvalue weighted by atomic mass is 10.2. The molecule has 1 fully saturated rings. The van der Waals surface area contributed by atoms with Gasteiger partial charge in [-0.05, 0) is 24.6 Å². The molecule has 0 aliphatic carbocycles. The Morgan fingerprint density at radius 3 is 3.00 bits per heavy atom. The zero-order valence-electron chi connectivity index (χ0n) is 11.7. The van der Waals surface area contributed by atoms with Gasteiger partial charge in [-0.15, -0.1) is 0 Å². The van der Waals surface area contributed by atoms with Crippen LogP contribution in [0.1, 0.15) is 12.8 Å². The number of methoxy groups -OCH3 is 1. The number of anilines is 1. The van der Waals surface area contributed by atoms with Crippen molar-refractivity contribution < 1.29 is 19.1 Å². The first-order valence-corrected chi connectivity index (χ1v) is 7.84. The molecule has 6 nitrogen and oxygen atoms in total. The lowest BCUT2D eigenvalue weighted by molar-refractivity contribution is -0.141. The van der Waals surface area contributed by atoms with Crippen molar-refractivity contribution in [3.63, 3.8) is 0 Å². The molecule has 0 aromatic heterocycles. The number of ether oxygens (including phenoxy) is 1. The number of carbonyl (C=O) groups is 3. The summed E-state index contributed by atoms with van der Waals surface area (Å²) in [7, 11) is 1.25. The Balaban J connectivity index is 1.91. The van der Waals surface area contributed by atoms with Crippen LogP contribution >= 0.6 is 23.4 Å². The third kappa shape index (κ3) is 2.24. The smallest absolute Gasteiger partial charge is 0.325 e. The maximum Gasteiger partial charge on any atom is 0.325 e. The van der Waals surface area contributed by atoms with Gasteiger partial charge in [-0.2, -0.15) is 0 Å². The Morgan fingerprint density at radius 2 is 2.27 bits per heavy atom. The van der Waals surface area contributed by atoms with Crippen LogP contribution in [0.4, 0.5) is 5.69 Å². The molecule has 2 aliphatic rings. The molecule has 1 aromatic carbocycles. The second-order valence-corrected chi connectivity index (χ2v) is 6.74. The third-order valence-corrected chi connectivity index (χ3v) is 5.41. The number of esters is 1. The van der Waals surface area contributed by atoms with E-state index < -0.39 is 10.8 Å². The Kier molecular flexibility index (Phi) is 3.78. The van der Waals surface area contributed by atoms with E-state index in [0.717, 1.165) is 4.90 Å². The Bertz CT molecular complexity index is 681. The van der Waals surface area contributed by atoms with Crippen molar-refractivity contribution in [3.8, 4) is 0 Å². The summed E-state index contributed by atoms with van der Waals surface area (Å²) in [5.74, 6) is -1.04. The maximum atomic E-state index is 12.6. The fourth-order valence-electron chi connectivity index (χ4n) is 2.68. The first-order valence-electron chi connectivity index (χ1n) is 6.65. The molecule has 22 heavy (non-hydrogen) atoms. The summed E-state index contributed by atoms with van der Waals surface area (Å²) >= 11 is 7.32. The Labute approximate surface area is 136 Å². The number of nitrogens with zero attached hydrogens (tertiary/aromatic N) is 1. The van der Waals surface area contributed by atoms with Crippen LogP contribution in [0.15, 0.2) is 23.1 Å². The Hall–Kier alpha value is -1.73. The molecule has 2 aliphatic heterocycles. The van der Waals surface area contributed by atoms with Crippen LogP contribution in [-0.2, 0) is 19.1 Å².